The first-order valence-electron chi connectivity index (χ1n) is 10.0. The Labute approximate surface area is 158 Å². The highest BCUT2D eigenvalue weighted by Crippen LogP contribution is 2.26. The molecule has 2 heterocycles. The van der Waals surface area contributed by atoms with Crippen LogP contribution < -0.4 is 11.2 Å². The van der Waals surface area contributed by atoms with Crippen molar-refractivity contribution in [1.29, 1.82) is 0 Å². The molecule has 8 nitrogen and oxygen atoms in total. The van der Waals surface area contributed by atoms with Gasteiger partial charge in [0.05, 0.1) is 6.42 Å². The Kier molecular flexibility index (Phi) is 6.84. The van der Waals surface area contributed by atoms with Crippen molar-refractivity contribution in [1.82, 2.24) is 19.8 Å². The Balaban J connectivity index is 1.60. The Morgan fingerprint density at radius 1 is 1.19 bits per heavy atom. The zero-order chi connectivity index (χ0) is 19.2. The zero-order valence-electron chi connectivity index (χ0n) is 15.8. The van der Waals surface area contributed by atoms with Gasteiger partial charge < -0.3 is 15.0 Å². The first kappa shape index (κ1) is 19.8. The van der Waals surface area contributed by atoms with Crippen LogP contribution in [0.15, 0.2) is 15.8 Å². The van der Waals surface area contributed by atoms with Gasteiger partial charge >= 0.3 is 5.69 Å². The molecule has 1 saturated carbocycles. The molecule has 0 radical (unpaired) electrons. The van der Waals surface area contributed by atoms with E-state index in [0.29, 0.717) is 19.5 Å². The number of aromatic amines is 2. The van der Waals surface area contributed by atoms with Crippen LogP contribution in [0.3, 0.4) is 0 Å². The highest BCUT2D eigenvalue weighted by Gasteiger charge is 2.31. The molecule has 1 aromatic rings. The maximum Gasteiger partial charge on any atom is 0.325 e. The fourth-order valence-electron chi connectivity index (χ4n) is 4.33. The lowest BCUT2D eigenvalue weighted by Crippen LogP contribution is -2.56. The SMILES string of the molecule is O=C(Cc1c[nH]c(=O)[nH]c1=O)N1CCN(CC2CCCCC2)[C@H](CCO)C1. The van der Waals surface area contributed by atoms with Crippen LogP contribution in [0.1, 0.15) is 44.1 Å². The molecule has 0 bridgehead atoms. The molecule has 2 fully saturated rings. The molecule has 3 rings (SSSR count). The quantitative estimate of drug-likeness (QED) is 0.650. The van der Waals surface area contributed by atoms with Crippen molar-refractivity contribution in [3.05, 3.63) is 32.6 Å². The van der Waals surface area contributed by atoms with Crippen LogP contribution in [0.4, 0.5) is 0 Å². The minimum Gasteiger partial charge on any atom is -0.396 e. The number of aliphatic hydroxyl groups is 1. The molecule has 0 unspecified atom stereocenters. The summed E-state index contributed by atoms with van der Waals surface area (Å²) in [5.74, 6) is 0.606. The summed E-state index contributed by atoms with van der Waals surface area (Å²) in [5.41, 5.74) is -0.826. The molecule has 27 heavy (non-hydrogen) atoms. The second-order valence-electron chi connectivity index (χ2n) is 7.78. The Hall–Kier alpha value is -1.93. The van der Waals surface area contributed by atoms with Crippen LogP contribution in [-0.2, 0) is 11.2 Å². The summed E-state index contributed by atoms with van der Waals surface area (Å²) in [5, 5.41) is 9.46. The van der Waals surface area contributed by atoms with E-state index >= 15 is 0 Å². The molecule has 0 spiro atoms. The Morgan fingerprint density at radius 3 is 2.67 bits per heavy atom. The number of nitrogens with one attached hydrogen (secondary N) is 2. The molecule has 1 aliphatic carbocycles. The topological polar surface area (TPSA) is 109 Å². The van der Waals surface area contributed by atoms with Crippen molar-refractivity contribution < 1.29 is 9.90 Å². The number of aliphatic hydroxyl groups excluding tert-OH is 1. The van der Waals surface area contributed by atoms with Crippen LogP contribution in [-0.4, -0.2) is 69.6 Å². The molecule has 1 atom stereocenters. The number of aromatic nitrogens is 2. The third-order valence-corrected chi connectivity index (χ3v) is 5.88. The van der Waals surface area contributed by atoms with Crippen molar-refractivity contribution in [2.45, 2.75) is 51.0 Å². The minimum atomic E-state index is -0.574. The van der Waals surface area contributed by atoms with E-state index in [4.69, 9.17) is 0 Å². The fourth-order valence-corrected chi connectivity index (χ4v) is 4.33. The van der Waals surface area contributed by atoms with Crippen molar-refractivity contribution in [3.8, 4) is 0 Å². The summed E-state index contributed by atoms with van der Waals surface area (Å²) < 4.78 is 0. The van der Waals surface area contributed by atoms with Gasteiger partial charge in [0.15, 0.2) is 0 Å². The van der Waals surface area contributed by atoms with Crippen molar-refractivity contribution >= 4 is 5.91 Å². The van der Waals surface area contributed by atoms with Gasteiger partial charge in [0, 0.05) is 50.6 Å². The molecule has 2 aliphatic rings. The van der Waals surface area contributed by atoms with Crippen molar-refractivity contribution in [2.24, 2.45) is 5.92 Å². The van der Waals surface area contributed by atoms with Crippen LogP contribution in [0.5, 0.6) is 0 Å². The van der Waals surface area contributed by atoms with Gasteiger partial charge in [-0.1, -0.05) is 19.3 Å². The normalized spacial score (nSPS) is 22.1. The molecule has 1 saturated heterocycles. The number of nitrogens with zero attached hydrogens (tertiary/aromatic N) is 2. The van der Waals surface area contributed by atoms with Crippen LogP contribution in [0.25, 0.3) is 0 Å². The molecular formula is C19H30N4O4. The zero-order valence-corrected chi connectivity index (χ0v) is 15.8. The van der Waals surface area contributed by atoms with Gasteiger partial charge in [-0.05, 0) is 25.2 Å². The van der Waals surface area contributed by atoms with Gasteiger partial charge in [-0.15, -0.1) is 0 Å². The summed E-state index contributed by atoms with van der Waals surface area (Å²) in [6.45, 7) is 3.16. The minimum absolute atomic E-state index is 0.0272. The van der Waals surface area contributed by atoms with Gasteiger partial charge in [0.2, 0.25) is 5.91 Å². The first-order valence-corrected chi connectivity index (χ1v) is 10.0. The average Bonchev–Trinajstić information content (AvgIpc) is 2.66. The number of carbonyl (C=O) groups is 1. The summed E-state index contributed by atoms with van der Waals surface area (Å²) in [4.78, 5) is 44.3. The number of amides is 1. The largest absolute Gasteiger partial charge is 0.396 e. The summed E-state index contributed by atoms with van der Waals surface area (Å²) in [6, 6.07) is 0.156. The highest BCUT2D eigenvalue weighted by atomic mass is 16.3. The molecule has 8 heteroatoms. The average molecular weight is 378 g/mol. The molecule has 3 N–H and O–H groups in total. The van der Waals surface area contributed by atoms with Gasteiger partial charge in [-0.25, -0.2) is 4.79 Å². The summed E-state index contributed by atoms with van der Waals surface area (Å²) in [7, 11) is 0. The van der Waals surface area contributed by atoms with E-state index in [0.717, 1.165) is 19.0 Å². The van der Waals surface area contributed by atoms with Crippen LogP contribution in [0.2, 0.25) is 0 Å². The third-order valence-electron chi connectivity index (χ3n) is 5.88. The molecule has 1 amide bonds. The van der Waals surface area contributed by atoms with E-state index in [2.05, 4.69) is 14.9 Å². The van der Waals surface area contributed by atoms with E-state index in [1.807, 2.05) is 0 Å². The Morgan fingerprint density at radius 2 is 1.96 bits per heavy atom. The predicted molar refractivity (Wildman–Crippen MR) is 102 cm³/mol. The van der Waals surface area contributed by atoms with Crippen LogP contribution >= 0.6 is 0 Å². The smallest absolute Gasteiger partial charge is 0.325 e. The van der Waals surface area contributed by atoms with E-state index in [9.17, 15) is 19.5 Å². The summed E-state index contributed by atoms with van der Waals surface area (Å²) >= 11 is 0. The Bertz CT molecular complexity index is 738. The fraction of sp³-hybridized carbons (Fsp3) is 0.737. The second kappa shape index (κ2) is 9.32. The lowest BCUT2D eigenvalue weighted by Gasteiger charge is -2.43. The number of hydrogen-bond donors (Lipinski definition) is 3. The van der Waals surface area contributed by atoms with E-state index in [1.165, 1.54) is 38.3 Å². The molecule has 1 aliphatic heterocycles. The van der Waals surface area contributed by atoms with Crippen molar-refractivity contribution in [3.63, 3.8) is 0 Å². The molecule has 0 aromatic carbocycles. The number of carbonyl (C=O) groups excluding carboxylic acids is 1. The number of rotatable bonds is 6. The molecule has 1 aromatic heterocycles. The lowest BCUT2D eigenvalue weighted by molar-refractivity contribution is -0.134. The highest BCUT2D eigenvalue weighted by molar-refractivity contribution is 5.78. The lowest BCUT2D eigenvalue weighted by atomic mass is 9.88. The van der Waals surface area contributed by atoms with E-state index < -0.39 is 11.2 Å². The molecule has 150 valence electrons. The first-order chi connectivity index (χ1) is 13.1. The van der Waals surface area contributed by atoms with E-state index in [-0.39, 0.29) is 30.5 Å². The standard InChI is InChI=1S/C19H30N4O4/c24-9-6-16-13-23(8-7-22(16)12-14-4-2-1-3-5-14)17(25)10-15-11-20-19(27)21-18(15)26/h11,14,16,24H,1-10,12-13H2,(H2,20,21,26,27)/t16-/m1/s1. The number of H-pyrrole nitrogens is 2. The van der Waals surface area contributed by atoms with Gasteiger partial charge in [-0.2, -0.15) is 0 Å². The second-order valence-corrected chi connectivity index (χ2v) is 7.78. The van der Waals surface area contributed by atoms with Gasteiger partial charge in [-0.3, -0.25) is 19.5 Å². The predicted octanol–water partition coefficient (Wildman–Crippen LogP) is 0.0812. The van der Waals surface area contributed by atoms with Crippen LogP contribution in [0, 0.1) is 5.92 Å². The maximum absolute atomic E-state index is 12.7. The maximum atomic E-state index is 12.7. The van der Waals surface area contributed by atoms with E-state index in [1.54, 1.807) is 4.90 Å². The summed E-state index contributed by atoms with van der Waals surface area (Å²) in [6.07, 6.45) is 8.44. The van der Waals surface area contributed by atoms with Crippen molar-refractivity contribution in [2.75, 3.05) is 32.8 Å². The monoisotopic (exact) mass is 378 g/mol. The molecular weight excluding hydrogens is 348 g/mol. The number of hydrogen-bond acceptors (Lipinski definition) is 5. The number of piperazine rings is 1. The van der Waals surface area contributed by atoms with Gasteiger partial charge in [0.1, 0.15) is 0 Å². The third kappa shape index (κ3) is 5.29. The van der Waals surface area contributed by atoms with Gasteiger partial charge in [0.25, 0.3) is 5.56 Å².